The van der Waals surface area contributed by atoms with Gasteiger partial charge in [0, 0.05) is 0 Å². The smallest absolute Gasteiger partial charge is 0.319 e. The molecule has 67 heavy (non-hydrogen) atoms. The van der Waals surface area contributed by atoms with Crippen molar-refractivity contribution in [3.05, 3.63) is 11.6 Å². The van der Waals surface area contributed by atoms with E-state index in [2.05, 4.69) is 47.6 Å². The predicted octanol–water partition coefficient (Wildman–Crippen LogP) is 0.0887. The van der Waals surface area contributed by atoms with Gasteiger partial charge in [-0.15, -0.1) is 0 Å². The minimum Gasteiger partial charge on any atom is -0.481 e. The Kier molecular flexibility index (Phi) is 14.0. The van der Waals surface area contributed by atoms with Gasteiger partial charge in [0.25, 0.3) is 0 Å². The lowest BCUT2D eigenvalue weighted by Crippen LogP contribution is -2.69. The van der Waals surface area contributed by atoms with E-state index in [9.17, 15) is 61.0 Å². The second kappa shape index (κ2) is 18.3. The molecule has 19 heteroatoms. The van der Waals surface area contributed by atoms with Crippen LogP contribution >= 0.6 is 0 Å². The molecule has 4 saturated carbocycles. The fraction of sp³-hybridized carbons (Fsp3) is 0.917. The van der Waals surface area contributed by atoms with Crippen LogP contribution in [0.15, 0.2) is 11.6 Å². The molecule has 11 N–H and O–H groups in total. The normalized spacial score (nSPS) is 54.0. The maximum atomic E-state index is 15.6. The Bertz CT molecular complexity index is 1860. The Morgan fingerprint density at radius 1 is 0.657 bits per heavy atom. The van der Waals surface area contributed by atoms with Gasteiger partial charge in [0.05, 0.1) is 36.3 Å². The molecule has 19 nitrogen and oxygen atoms in total. The van der Waals surface area contributed by atoms with Crippen LogP contribution in [0, 0.1) is 56.7 Å². The van der Waals surface area contributed by atoms with Gasteiger partial charge in [-0.25, -0.2) is 0 Å². The van der Waals surface area contributed by atoms with E-state index >= 15 is 4.79 Å². The molecule has 5 aliphatic carbocycles. The van der Waals surface area contributed by atoms with Crippen molar-refractivity contribution in [3.8, 4) is 0 Å². The molecule has 3 heterocycles. The Hall–Kier alpha value is -1.92. The second-order valence-corrected chi connectivity index (χ2v) is 22.8. The third kappa shape index (κ3) is 7.70. The number of carbonyl (C=O) groups excluding carboxylic acids is 1. The van der Waals surface area contributed by atoms with Gasteiger partial charge in [0.1, 0.15) is 67.1 Å². The van der Waals surface area contributed by atoms with Gasteiger partial charge in [-0.3, -0.25) is 9.59 Å². The van der Waals surface area contributed by atoms with E-state index in [4.69, 9.17) is 28.4 Å². The van der Waals surface area contributed by atoms with Crippen LogP contribution in [0.5, 0.6) is 0 Å². The Morgan fingerprint density at radius 3 is 1.87 bits per heavy atom. The van der Waals surface area contributed by atoms with Crippen molar-refractivity contribution in [1.29, 1.82) is 0 Å². The average Bonchev–Trinajstić information content (AvgIpc) is 3.28. The number of esters is 1. The van der Waals surface area contributed by atoms with E-state index in [1.54, 1.807) is 6.92 Å². The molecule has 0 unspecified atom stereocenters. The van der Waals surface area contributed by atoms with Crippen LogP contribution in [0.4, 0.5) is 0 Å². The van der Waals surface area contributed by atoms with Crippen molar-refractivity contribution in [2.24, 2.45) is 56.7 Å². The fourth-order valence-corrected chi connectivity index (χ4v) is 15.3. The highest BCUT2D eigenvalue weighted by Crippen LogP contribution is 2.76. The highest BCUT2D eigenvalue weighted by Gasteiger charge is 2.74. The van der Waals surface area contributed by atoms with Crippen molar-refractivity contribution >= 4 is 11.9 Å². The van der Waals surface area contributed by atoms with Crippen molar-refractivity contribution in [2.45, 2.75) is 204 Å². The molecule has 0 aromatic heterocycles. The van der Waals surface area contributed by atoms with Gasteiger partial charge in [-0.1, -0.05) is 53.2 Å². The molecule has 0 bridgehead atoms. The van der Waals surface area contributed by atoms with E-state index in [0.717, 1.165) is 12.0 Å². The summed E-state index contributed by atoms with van der Waals surface area (Å²) in [6.07, 6.45) is -17.1. The van der Waals surface area contributed by atoms with Gasteiger partial charge in [0.2, 0.25) is 6.29 Å². The third-order valence-electron chi connectivity index (χ3n) is 19.4. The Morgan fingerprint density at radius 2 is 1.25 bits per heavy atom. The summed E-state index contributed by atoms with van der Waals surface area (Å²) in [4.78, 5) is 29.1. The van der Waals surface area contributed by atoms with E-state index in [-0.39, 0.29) is 36.5 Å². The third-order valence-corrected chi connectivity index (χ3v) is 19.4. The summed E-state index contributed by atoms with van der Waals surface area (Å²) in [6, 6.07) is 0. The number of ether oxygens (including phenoxy) is 6. The van der Waals surface area contributed by atoms with Gasteiger partial charge in [0.15, 0.2) is 12.6 Å². The largest absolute Gasteiger partial charge is 0.481 e. The van der Waals surface area contributed by atoms with E-state index in [1.165, 1.54) is 0 Å². The lowest BCUT2D eigenvalue weighted by atomic mass is 9.33. The molecule has 0 radical (unpaired) electrons. The first-order valence-corrected chi connectivity index (χ1v) is 24.5. The number of carboxylic acids is 1. The topological polar surface area (TPSA) is 312 Å². The van der Waals surface area contributed by atoms with Crippen LogP contribution in [0.2, 0.25) is 0 Å². The number of carbonyl (C=O) groups is 2. The molecule has 8 aliphatic rings. The number of hydrogen-bond acceptors (Lipinski definition) is 18. The van der Waals surface area contributed by atoms with Crippen molar-refractivity contribution in [3.63, 3.8) is 0 Å². The van der Waals surface area contributed by atoms with Crippen molar-refractivity contribution in [2.75, 3.05) is 13.2 Å². The predicted molar refractivity (Wildman–Crippen MR) is 231 cm³/mol. The van der Waals surface area contributed by atoms with Gasteiger partial charge < -0.3 is 84.6 Å². The van der Waals surface area contributed by atoms with E-state index in [0.29, 0.717) is 38.5 Å². The molecule has 3 aliphatic heterocycles. The first kappa shape index (κ1) is 51.4. The molecular weight excluding hydrogens is 881 g/mol. The molecule has 7 fully saturated rings. The van der Waals surface area contributed by atoms with Crippen LogP contribution in [-0.4, -0.2) is 180 Å². The molecular formula is C48H76O19. The highest BCUT2D eigenvalue weighted by molar-refractivity contribution is 5.85. The van der Waals surface area contributed by atoms with Crippen LogP contribution in [0.3, 0.4) is 0 Å². The van der Waals surface area contributed by atoms with E-state index < -0.39 is 156 Å². The standard InChI is InChI=1S/C48H76O19/c1-20-10-15-47(42(59)60)16-17-48(43(61)67-40-36(57)34(55)32(53)25(19-50)64-40)23(29(47)21(20)2)8-9-27-45(6)13-12-28(44(4,5)26(45)11-14-46(27,48)7)65-41-37(58)38(30(51)22(3)62-41)66-39-35(56)33(54)31(52)24(18-49)63-39/h8,20-22,24-41,49-58H,9-19H2,1-7H3,(H,59,60)/t20-,21+,22-,24-,25-,26+,27-,28+,29+,30+,31-,32-,33+,34+,35-,36-,37-,38+,39+,40+,41+,45+,46-,47+,48-/m1/s1. The van der Waals surface area contributed by atoms with Crippen molar-refractivity contribution < 1.29 is 94.2 Å². The fourth-order valence-electron chi connectivity index (χ4n) is 15.3. The highest BCUT2D eigenvalue weighted by atomic mass is 16.7. The maximum Gasteiger partial charge on any atom is 0.319 e. The zero-order valence-electron chi connectivity index (χ0n) is 39.7. The first-order valence-electron chi connectivity index (χ1n) is 24.5. The minimum absolute atomic E-state index is 0.0227. The summed E-state index contributed by atoms with van der Waals surface area (Å²) in [5, 5.41) is 117. The van der Waals surface area contributed by atoms with Crippen LogP contribution in [-0.2, 0) is 38.0 Å². The zero-order valence-corrected chi connectivity index (χ0v) is 39.7. The van der Waals surface area contributed by atoms with Crippen LogP contribution in [0.1, 0.15) is 106 Å². The number of allylic oxidation sites excluding steroid dienone is 1. The summed E-state index contributed by atoms with van der Waals surface area (Å²) in [5.41, 5.74) is -3.58. The molecule has 382 valence electrons. The average molecular weight is 957 g/mol. The number of aliphatic carboxylic acids is 1. The number of aliphatic hydroxyl groups is 10. The molecule has 8 rings (SSSR count). The second-order valence-electron chi connectivity index (χ2n) is 22.8. The maximum absolute atomic E-state index is 15.6. The Labute approximate surface area is 391 Å². The lowest BCUT2D eigenvalue weighted by Gasteiger charge is -2.71. The number of hydrogen-bond donors (Lipinski definition) is 11. The quantitative estimate of drug-likeness (QED) is 0.0829. The number of fused-ring (bicyclic) bond motifs is 7. The number of aliphatic hydroxyl groups excluding tert-OH is 10. The zero-order chi connectivity index (χ0) is 49.1. The molecule has 3 saturated heterocycles. The van der Waals surface area contributed by atoms with Gasteiger partial charge in [-0.2, -0.15) is 0 Å². The summed E-state index contributed by atoms with van der Waals surface area (Å²) >= 11 is 0. The molecule has 0 spiro atoms. The summed E-state index contributed by atoms with van der Waals surface area (Å²) in [6.45, 7) is 12.9. The SMILES string of the molecule is C[C@H]1[C@H](C)CC[C@]2(C(=O)O)CC[C@]3(C(=O)O[C@@H]4O[C@H](CO)[C@@H](O)[C@H](O)[C@H]4O)C(=CC[C@@H]4[C@@]5(C)CC[C@H](O[C@@H]6O[C@H](C)[C@H](O)[C@H](O[C@@H]7O[C@H](CO)[C@@H](O)[C@H](O)[C@H]7O)[C@H]6O)C(C)(C)[C@@H]5CC[C@]43C)[C@H]12. The molecule has 0 amide bonds. The van der Waals surface area contributed by atoms with E-state index in [1.807, 2.05) is 0 Å². The van der Waals surface area contributed by atoms with Crippen LogP contribution in [0.25, 0.3) is 0 Å². The van der Waals surface area contributed by atoms with Gasteiger partial charge in [-0.05, 0) is 111 Å². The monoisotopic (exact) mass is 956 g/mol. The molecule has 0 aromatic carbocycles. The first-order chi connectivity index (χ1) is 31.4. The Balaban J connectivity index is 1.10. The number of carboxylic acid groups (broad SMARTS) is 1. The molecule has 25 atom stereocenters. The summed E-state index contributed by atoms with van der Waals surface area (Å²) in [5.74, 6) is -2.19. The van der Waals surface area contributed by atoms with Crippen molar-refractivity contribution in [1.82, 2.24) is 0 Å². The molecule has 0 aromatic rings. The minimum atomic E-state index is -1.83. The lowest BCUT2D eigenvalue weighted by molar-refractivity contribution is -0.366. The van der Waals surface area contributed by atoms with Gasteiger partial charge >= 0.3 is 11.9 Å². The summed E-state index contributed by atoms with van der Waals surface area (Å²) in [7, 11) is 0. The number of rotatable bonds is 9. The summed E-state index contributed by atoms with van der Waals surface area (Å²) < 4.78 is 36.2. The van der Waals surface area contributed by atoms with Crippen LogP contribution < -0.4 is 0 Å².